The maximum absolute atomic E-state index is 11.9. The third-order valence-electron chi connectivity index (χ3n) is 2.69. The van der Waals surface area contributed by atoms with E-state index in [1.807, 2.05) is 0 Å². The maximum atomic E-state index is 11.9. The minimum absolute atomic E-state index is 0.134. The van der Waals surface area contributed by atoms with Gasteiger partial charge in [-0.25, -0.2) is 4.79 Å². The first-order valence-electron chi connectivity index (χ1n) is 6.89. The van der Waals surface area contributed by atoms with Gasteiger partial charge in [-0.1, -0.05) is 23.7 Å². The highest BCUT2D eigenvalue weighted by atomic mass is 35.5. The molecule has 0 heterocycles. The number of hydrogen-bond donors (Lipinski definition) is 1. The van der Waals surface area contributed by atoms with Gasteiger partial charge < -0.3 is 14.8 Å². The van der Waals surface area contributed by atoms with Gasteiger partial charge in [0.25, 0.3) is 0 Å². The van der Waals surface area contributed by atoms with Crippen molar-refractivity contribution in [1.29, 1.82) is 5.26 Å². The fourth-order valence-corrected chi connectivity index (χ4v) is 1.79. The average molecular weight is 337 g/mol. The van der Waals surface area contributed by atoms with Crippen LogP contribution in [-0.4, -0.2) is 31.1 Å². The van der Waals surface area contributed by atoms with Gasteiger partial charge >= 0.3 is 5.97 Å². The second-order valence-corrected chi connectivity index (χ2v) is 4.92. The molecule has 122 valence electrons. The van der Waals surface area contributed by atoms with E-state index in [9.17, 15) is 9.59 Å². The topological polar surface area (TPSA) is 88.4 Å². The molecule has 0 spiro atoms. The van der Waals surface area contributed by atoms with Crippen LogP contribution in [0.2, 0.25) is 5.02 Å². The molecule has 6 nitrogen and oxygen atoms in total. The fourth-order valence-electron chi connectivity index (χ4n) is 1.61. The lowest BCUT2D eigenvalue weighted by atomic mass is 10.2. The number of nitriles is 1. The molecule has 0 aliphatic heterocycles. The summed E-state index contributed by atoms with van der Waals surface area (Å²) in [6.07, 6.45) is 2.29. The van der Waals surface area contributed by atoms with E-state index in [-0.39, 0.29) is 18.9 Å². The van der Waals surface area contributed by atoms with Crippen molar-refractivity contribution in [2.24, 2.45) is 0 Å². The molecule has 0 aliphatic carbocycles. The average Bonchev–Trinajstić information content (AvgIpc) is 2.54. The second-order valence-electron chi connectivity index (χ2n) is 4.48. The Kier molecular flexibility index (Phi) is 8.25. The molecule has 7 heteroatoms. The number of benzene rings is 1. The van der Waals surface area contributed by atoms with E-state index >= 15 is 0 Å². The van der Waals surface area contributed by atoms with E-state index in [1.54, 1.807) is 36.4 Å². The molecule has 23 heavy (non-hydrogen) atoms. The van der Waals surface area contributed by atoms with Crippen molar-refractivity contribution in [3.8, 4) is 11.8 Å². The van der Waals surface area contributed by atoms with E-state index in [0.717, 1.165) is 0 Å². The van der Waals surface area contributed by atoms with Gasteiger partial charge in [-0.2, -0.15) is 5.26 Å². The Morgan fingerprint density at radius 1 is 1.48 bits per heavy atom. The Morgan fingerprint density at radius 2 is 2.26 bits per heavy atom. The number of carbonyl (C=O) groups excluding carboxylic acids is 2. The van der Waals surface area contributed by atoms with Gasteiger partial charge in [0, 0.05) is 11.4 Å². The molecular formula is C16H17ClN2O4. The molecule has 1 aromatic carbocycles. The molecule has 0 radical (unpaired) electrons. The van der Waals surface area contributed by atoms with Crippen LogP contribution in [0.15, 0.2) is 36.9 Å². The van der Waals surface area contributed by atoms with Crippen molar-refractivity contribution in [3.05, 3.63) is 41.9 Å². The fraction of sp³-hybridized carbons (Fsp3) is 0.312. The lowest BCUT2D eigenvalue weighted by Crippen LogP contribution is -2.45. The Bertz CT molecular complexity index is 598. The summed E-state index contributed by atoms with van der Waals surface area (Å²) in [5, 5.41) is 11.5. The van der Waals surface area contributed by atoms with Crippen LogP contribution in [-0.2, 0) is 14.3 Å². The van der Waals surface area contributed by atoms with Gasteiger partial charge in [-0.05, 0) is 24.6 Å². The first-order chi connectivity index (χ1) is 11.1. The molecule has 1 amide bonds. The van der Waals surface area contributed by atoms with Crippen molar-refractivity contribution >= 4 is 23.5 Å². The minimum atomic E-state index is -1.01. The normalized spacial score (nSPS) is 11.0. The third-order valence-corrected chi connectivity index (χ3v) is 2.92. The predicted molar refractivity (Wildman–Crippen MR) is 84.9 cm³/mol. The molecule has 1 rings (SSSR count). The number of nitrogens with zero attached hydrogens (tertiary/aromatic N) is 1. The Balaban J connectivity index is 2.66. The number of nitrogens with one attached hydrogen (secondary N) is 1. The van der Waals surface area contributed by atoms with Crippen molar-refractivity contribution < 1.29 is 19.1 Å². The molecule has 1 aromatic rings. The van der Waals surface area contributed by atoms with Gasteiger partial charge in [0.05, 0.1) is 0 Å². The van der Waals surface area contributed by atoms with Gasteiger partial charge in [-0.3, -0.25) is 4.79 Å². The molecule has 0 saturated carbocycles. The summed E-state index contributed by atoms with van der Waals surface area (Å²) in [6, 6.07) is 7.32. The van der Waals surface area contributed by atoms with Gasteiger partial charge in [0.15, 0.2) is 12.6 Å². The molecule has 0 saturated heterocycles. The summed E-state index contributed by atoms with van der Waals surface area (Å²) in [5.74, 6) is -0.616. The van der Waals surface area contributed by atoms with Gasteiger partial charge in [0.1, 0.15) is 18.4 Å². The zero-order valence-electron chi connectivity index (χ0n) is 12.5. The van der Waals surface area contributed by atoms with Crippen molar-refractivity contribution in [1.82, 2.24) is 5.32 Å². The summed E-state index contributed by atoms with van der Waals surface area (Å²) < 4.78 is 10.2. The van der Waals surface area contributed by atoms with Crippen LogP contribution in [0.25, 0.3) is 0 Å². The molecule has 1 atom stereocenters. The van der Waals surface area contributed by atoms with Gasteiger partial charge in [-0.15, -0.1) is 6.58 Å². The number of carbonyl (C=O) groups is 2. The van der Waals surface area contributed by atoms with Gasteiger partial charge in [0.2, 0.25) is 5.91 Å². The minimum Gasteiger partial charge on any atom is -0.491 e. The Morgan fingerprint density at radius 3 is 2.91 bits per heavy atom. The van der Waals surface area contributed by atoms with Crippen molar-refractivity contribution in [3.63, 3.8) is 0 Å². The molecule has 0 bridgehead atoms. The summed E-state index contributed by atoms with van der Waals surface area (Å²) in [6.45, 7) is 3.00. The molecule has 1 N–H and O–H groups in total. The SMILES string of the molecule is C=CCCC(=O)N[C@@H](COc1cccc(Cl)c1)C(=O)OCC#N. The molecule has 0 aromatic heterocycles. The number of allylic oxidation sites excluding steroid dienone is 1. The quantitative estimate of drug-likeness (QED) is 0.552. The van der Waals surface area contributed by atoms with Crippen LogP contribution < -0.4 is 10.1 Å². The third kappa shape index (κ3) is 7.34. The van der Waals surface area contributed by atoms with E-state index < -0.39 is 18.6 Å². The van der Waals surface area contributed by atoms with Crippen LogP contribution in [0, 0.1) is 11.3 Å². The number of hydrogen-bond acceptors (Lipinski definition) is 5. The monoisotopic (exact) mass is 336 g/mol. The van der Waals surface area contributed by atoms with E-state index in [0.29, 0.717) is 17.2 Å². The number of rotatable bonds is 9. The van der Waals surface area contributed by atoms with E-state index in [1.165, 1.54) is 0 Å². The van der Waals surface area contributed by atoms with Crippen molar-refractivity contribution in [2.75, 3.05) is 13.2 Å². The summed E-state index contributed by atoms with van der Waals surface area (Å²) >= 11 is 5.85. The van der Waals surface area contributed by atoms with Crippen molar-refractivity contribution in [2.45, 2.75) is 18.9 Å². The van der Waals surface area contributed by atoms with E-state index in [2.05, 4.69) is 11.9 Å². The lowest BCUT2D eigenvalue weighted by Gasteiger charge is -2.17. The lowest BCUT2D eigenvalue weighted by molar-refractivity contribution is -0.147. The van der Waals surface area contributed by atoms with Crippen LogP contribution in [0.4, 0.5) is 0 Å². The molecule has 0 fully saturated rings. The summed E-state index contributed by atoms with van der Waals surface area (Å²) in [7, 11) is 0. The standard InChI is InChI=1S/C16H17ClN2O4/c1-2-3-7-15(20)19-14(16(21)22-9-8-18)11-23-13-6-4-5-12(17)10-13/h2,4-6,10,14H,1,3,7,9,11H2,(H,19,20)/t14-/m0/s1. The van der Waals surface area contributed by atoms with Crippen LogP contribution >= 0.6 is 11.6 Å². The second kappa shape index (κ2) is 10.2. The first kappa shape index (κ1) is 18.5. The molecule has 0 aliphatic rings. The summed E-state index contributed by atoms with van der Waals surface area (Å²) in [5.41, 5.74) is 0. The van der Waals surface area contributed by atoms with Crippen LogP contribution in [0.1, 0.15) is 12.8 Å². The first-order valence-corrected chi connectivity index (χ1v) is 7.26. The van der Waals surface area contributed by atoms with E-state index in [4.69, 9.17) is 26.3 Å². The zero-order valence-corrected chi connectivity index (χ0v) is 13.2. The smallest absolute Gasteiger partial charge is 0.333 e. The van der Waals surface area contributed by atoms with Crippen LogP contribution in [0.5, 0.6) is 5.75 Å². The number of amides is 1. The molecule has 0 unspecified atom stereocenters. The maximum Gasteiger partial charge on any atom is 0.333 e. The zero-order chi connectivity index (χ0) is 17.1. The number of ether oxygens (including phenoxy) is 2. The Labute approximate surface area is 139 Å². The Hall–Kier alpha value is -2.52. The number of halogens is 1. The number of esters is 1. The highest BCUT2D eigenvalue weighted by Crippen LogP contribution is 2.17. The predicted octanol–water partition coefficient (Wildman–Crippen LogP) is 2.24. The summed E-state index contributed by atoms with van der Waals surface area (Å²) in [4.78, 5) is 23.6. The highest BCUT2D eigenvalue weighted by molar-refractivity contribution is 6.30. The molecular weight excluding hydrogens is 320 g/mol. The largest absolute Gasteiger partial charge is 0.491 e. The highest BCUT2D eigenvalue weighted by Gasteiger charge is 2.23. The van der Waals surface area contributed by atoms with Crippen LogP contribution in [0.3, 0.4) is 0 Å².